The Balaban J connectivity index is 1.62. The van der Waals surface area contributed by atoms with Crippen LogP contribution in [0.4, 0.5) is 0 Å². The molecule has 3 rings (SSSR count). The number of hydrogen-bond acceptors (Lipinski definition) is 3. The Hall–Kier alpha value is -1.76. The van der Waals surface area contributed by atoms with Crippen molar-refractivity contribution in [3.05, 3.63) is 41.5 Å². The van der Waals surface area contributed by atoms with Crippen LogP contribution in [0.2, 0.25) is 0 Å². The van der Waals surface area contributed by atoms with Gasteiger partial charge in [-0.25, -0.2) is 0 Å². The SMILES string of the molecule is C#C[C@H]1[C@H](COCc2ccc(OC)cc2)[C@@H](C)C[C@@]1(C)C[C@@H](OC)C1=CCCCCC1. The molecule has 0 radical (unpaired) electrons. The quantitative estimate of drug-likeness (QED) is 0.338. The van der Waals surface area contributed by atoms with Gasteiger partial charge < -0.3 is 14.2 Å². The van der Waals surface area contributed by atoms with Gasteiger partial charge in [-0.15, -0.1) is 12.3 Å². The highest BCUT2D eigenvalue weighted by Crippen LogP contribution is 2.53. The van der Waals surface area contributed by atoms with E-state index in [9.17, 15) is 0 Å². The van der Waals surface area contributed by atoms with Crippen LogP contribution in [0, 0.1) is 35.5 Å². The molecule has 5 atom stereocenters. The molecule has 1 aromatic carbocycles. The summed E-state index contributed by atoms with van der Waals surface area (Å²) in [6.45, 7) is 6.03. The van der Waals surface area contributed by atoms with E-state index in [1.807, 2.05) is 19.2 Å². The minimum Gasteiger partial charge on any atom is -0.497 e. The minimum absolute atomic E-state index is 0.0795. The predicted molar refractivity (Wildman–Crippen MR) is 127 cm³/mol. The Labute approximate surface area is 189 Å². The standard InChI is InChI=1S/C28H40O3/c1-6-26-25(20-31-19-22-13-15-24(29-4)16-14-22)21(2)17-28(26,3)18-27(30-5)23-11-9-7-8-10-12-23/h1,11,13-16,21,25-27H,7-10,12,17-20H2,2-5H3/t21-,25+,26-,27+,28-/m0/s1. The largest absolute Gasteiger partial charge is 0.497 e. The normalized spacial score (nSPS) is 29.6. The Morgan fingerprint density at radius 2 is 1.94 bits per heavy atom. The van der Waals surface area contributed by atoms with Crippen LogP contribution in [0.15, 0.2) is 35.9 Å². The predicted octanol–water partition coefficient (Wildman–Crippen LogP) is 6.42. The zero-order valence-corrected chi connectivity index (χ0v) is 19.9. The highest BCUT2D eigenvalue weighted by Gasteiger charge is 2.49. The molecule has 0 N–H and O–H groups in total. The van der Waals surface area contributed by atoms with E-state index >= 15 is 0 Å². The molecule has 1 saturated carbocycles. The van der Waals surface area contributed by atoms with Gasteiger partial charge in [0.2, 0.25) is 0 Å². The van der Waals surface area contributed by atoms with Gasteiger partial charge in [-0.1, -0.05) is 38.5 Å². The molecule has 0 amide bonds. The Morgan fingerprint density at radius 1 is 1.16 bits per heavy atom. The molecule has 0 aliphatic heterocycles. The summed E-state index contributed by atoms with van der Waals surface area (Å²) < 4.78 is 17.4. The van der Waals surface area contributed by atoms with E-state index < -0.39 is 0 Å². The van der Waals surface area contributed by atoms with Crippen LogP contribution in [0.3, 0.4) is 0 Å². The van der Waals surface area contributed by atoms with Gasteiger partial charge in [0.1, 0.15) is 5.75 Å². The van der Waals surface area contributed by atoms with Gasteiger partial charge in [-0.2, -0.15) is 0 Å². The lowest BCUT2D eigenvalue weighted by Crippen LogP contribution is -2.32. The lowest BCUT2D eigenvalue weighted by Gasteiger charge is -2.34. The molecule has 170 valence electrons. The summed E-state index contributed by atoms with van der Waals surface area (Å²) in [6.07, 6.45) is 17.1. The van der Waals surface area contributed by atoms with E-state index in [1.165, 1.54) is 37.7 Å². The van der Waals surface area contributed by atoms with Crippen LogP contribution < -0.4 is 4.74 Å². The maximum Gasteiger partial charge on any atom is 0.118 e. The molecule has 2 aliphatic rings. The van der Waals surface area contributed by atoms with Gasteiger partial charge in [-0.05, 0) is 79.0 Å². The molecule has 31 heavy (non-hydrogen) atoms. The monoisotopic (exact) mass is 424 g/mol. The first-order valence-corrected chi connectivity index (χ1v) is 11.9. The average Bonchev–Trinajstić information content (AvgIpc) is 2.95. The van der Waals surface area contributed by atoms with Crippen molar-refractivity contribution in [2.75, 3.05) is 20.8 Å². The van der Waals surface area contributed by atoms with Crippen molar-refractivity contribution in [2.45, 2.75) is 71.5 Å². The number of allylic oxidation sites excluding steroid dienone is 1. The Kier molecular flexibility index (Phi) is 8.64. The highest BCUT2D eigenvalue weighted by molar-refractivity contribution is 5.26. The first-order chi connectivity index (χ1) is 15.0. The van der Waals surface area contributed by atoms with Crippen LogP contribution in [0.1, 0.15) is 64.4 Å². The molecule has 0 saturated heterocycles. The molecule has 3 nitrogen and oxygen atoms in total. The van der Waals surface area contributed by atoms with Gasteiger partial charge in [-0.3, -0.25) is 0 Å². The van der Waals surface area contributed by atoms with Crippen LogP contribution in [-0.4, -0.2) is 26.9 Å². The zero-order valence-electron chi connectivity index (χ0n) is 19.9. The summed E-state index contributed by atoms with van der Waals surface area (Å²) in [5.41, 5.74) is 2.73. The lowest BCUT2D eigenvalue weighted by atomic mass is 9.72. The number of hydrogen-bond donors (Lipinski definition) is 0. The van der Waals surface area contributed by atoms with Crippen molar-refractivity contribution in [2.24, 2.45) is 23.2 Å². The van der Waals surface area contributed by atoms with E-state index in [4.69, 9.17) is 20.6 Å². The highest BCUT2D eigenvalue weighted by atomic mass is 16.5. The zero-order chi connectivity index (χ0) is 22.3. The van der Waals surface area contributed by atoms with E-state index in [0.29, 0.717) is 25.0 Å². The van der Waals surface area contributed by atoms with Crippen LogP contribution in [0.25, 0.3) is 0 Å². The summed E-state index contributed by atoms with van der Waals surface area (Å²) in [4.78, 5) is 0. The van der Waals surface area contributed by atoms with Gasteiger partial charge >= 0.3 is 0 Å². The fraction of sp³-hybridized carbons (Fsp3) is 0.643. The van der Waals surface area contributed by atoms with E-state index in [2.05, 4.69) is 38.0 Å². The molecule has 0 bridgehead atoms. The summed E-state index contributed by atoms with van der Waals surface area (Å²) in [5, 5.41) is 0. The third-order valence-corrected chi connectivity index (χ3v) is 7.54. The van der Waals surface area contributed by atoms with Crippen LogP contribution in [0.5, 0.6) is 5.75 Å². The van der Waals surface area contributed by atoms with Crippen molar-refractivity contribution in [1.82, 2.24) is 0 Å². The van der Waals surface area contributed by atoms with Gasteiger partial charge in [0.05, 0.1) is 26.4 Å². The molecule has 1 fully saturated rings. The molecule has 1 aromatic rings. The summed E-state index contributed by atoms with van der Waals surface area (Å²) >= 11 is 0. The second kappa shape index (κ2) is 11.2. The third kappa shape index (κ3) is 5.93. The van der Waals surface area contributed by atoms with E-state index in [1.54, 1.807) is 7.11 Å². The molecule has 2 aliphatic carbocycles. The van der Waals surface area contributed by atoms with Crippen molar-refractivity contribution in [1.29, 1.82) is 0 Å². The Bertz CT molecular complexity index is 759. The maximum absolute atomic E-state index is 6.16. The maximum atomic E-state index is 6.16. The van der Waals surface area contributed by atoms with Crippen molar-refractivity contribution in [3.8, 4) is 18.1 Å². The van der Waals surface area contributed by atoms with E-state index in [0.717, 1.165) is 24.2 Å². The number of benzene rings is 1. The molecular weight excluding hydrogens is 384 g/mol. The van der Waals surface area contributed by atoms with Gasteiger partial charge in [0.15, 0.2) is 0 Å². The van der Waals surface area contributed by atoms with Crippen molar-refractivity contribution < 1.29 is 14.2 Å². The number of ether oxygens (including phenoxy) is 3. The fourth-order valence-corrected chi connectivity index (χ4v) is 5.81. The summed E-state index contributed by atoms with van der Waals surface area (Å²) in [7, 11) is 3.54. The van der Waals surface area contributed by atoms with Crippen LogP contribution >= 0.6 is 0 Å². The number of terminal acetylenes is 1. The fourth-order valence-electron chi connectivity index (χ4n) is 5.81. The van der Waals surface area contributed by atoms with E-state index in [-0.39, 0.29) is 17.4 Å². The Morgan fingerprint density at radius 3 is 2.61 bits per heavy atom. The minimum atomic E-state index is 0.0795. The van der Waals surface area contributed by atoms with Gasteiger partial charge in [0, 0.05) is 13.0 Å². The number of rotatable bonds is 9. The summed E-state index contributed by atoms with van der Waals surface area (Å²) in [5.74, 6) is 5.18. The van der Waals surface area contributed by atoms with Crippen LogP contribution in [-0.2, 0) is 16.1 Å². The molecule has 0 aromatic heterocycles. The second-order valence-corrected chi connectivity index (χ2v) is 9.81. The molecule has 3 heteroatoms. The third-order valence-electron chi connectivity index (χ3n) is 7.54. The average molecular weight is 425 g/mol. The molecule has 0 spiro atoms. The first kappa shape index (κ1) is 23.9. The smallest absolute Gasteiger partial charge is 0.118 e. The summed E-state index contributed by atoms with van der Waals surface area (Å²) in [6, 6.07) is 8.07. The molecular formula is C28H40O3. The van der Waals surface area contributed by atoms with Gasteiger partial charge in [0.25, 0.3) is 0 Å². The van der Waals surface area contributed by atoms with Crippen molar-refractivity contribution >= 4 is 0 Å². The number of methoxy groups -OCH3 is 2. The molecule has 0 heterocycles. The second-order valence-electron chi connectivity index (χ2n) is 9.81. The molecule has 0 unspecified atom stereocenters. The first-order valence-electron chi connectivity index (χ1n) is 11.9. The topological polar surface area (TPSA) is 27.7 Å². The van der Waals surface area contributed by atoms with Crippen molar-refractivity contribution in [3.63, 3.8) is 0 Å². The lowest BCUT2D eigenvalue weighted by molar-refractivity contribution is 0.0461.